The molecule has 0 aliphatic rings. The predicted molar refractivity (Wildman–Crippen MR) is 87.7 cm³/mol. The Morgan fingerprint density at radius 1 is 1.13 bits per heavy atom. The van der Waals surface area contributed by atoms with Gasteiger partial charge in [0.1, 0.15) is 5.82 Å². The number of nitrogens with zero attached hydrogens (tertiary/aromatic N) is 1. The van der Waals surface area contributed by atoms with Crippen LogP contribution < -0.4 is 4.90 Å². The lowest BCUT2D eigenvalue weighted by atomic mass is 10.1. The second-order valence-corrected chi connectivity index (χ2v) is 7.41. The van der Waals surface area contributed by atoms with Gasteiger partial charge in [-0.05, 0) is 29.8 Å². The molecule has 2 aromatic rings. The number of hydrogen-bond acceptors (Lipinski definition) is 3. The molecular formula is C17H18FNO3S. The molecule has 4 nitrogen and oxygen atoms in total. The minimum atomic E-state index is -3.32. The molecule has 0 heterocycles. The van der Waals surface area contributed by atoms with Crippen LogP contribution in [0.25, 0.3) is 0 Å². The number of anilines is 1. The average molecular weight is 335 g/mol. The third-order valence-electron chi connectivity index (χ3n) is 3.58. The summed E-state index contributed by atoms with van der Waals surface area (Å²) in [6.45, 7) is 1.57. The van der Waals surface area contributed by atoms with Crippen molar-refractivity contribution in [3.63, 3.8) is 0 Å². The maximum atomic E-state index is 13.7. The lowest BCUT2D eigenvalue weighted by Crippen LogP contribution is -2.28. The molecule has 0 aromatic heterocycles. The summed E-state index contributed by atoms with van der Waals surface area (Å²) in [5.41, 5.74) is 0.766. The number of para-hydroxylation sites is 1. The van der Waals surface area contributed by atoms with Gasteiger partial charge in [0.25, 0.3) is 0 Å². The van der Waals surface area contributed by atoms with Crippen molar-refractivity contribution >= 4 is 21.4 Å². The second kappa shape index (κ2) is 6.91. The fourth-order valence-electron chi connectivity index (χ4n) is 2.17. The zero-order chi connectivity index (χ0) is 17.0. The van der Waals surface area contributed by atoms with Crippen LogP contribution in [0.1, 0.15) is 12.5 Å². The van der Waals surface area contributed by atoms with E-state index in [2.05, 4.69) is 0 Å². The predicted octanol–water partition coefficient (Wildman–Crippen LogP) is 2.82. The summed E-state index contributed by atoms with van der Waals surface area (Å²) >= 11 is 0. The van der Waals surface area contributed by atoms with Gasteiger partial charge in [0.2, 0.25) is 5.91 Å². The van der Waals surface area contributed by atoms with Crippen LogP contribution in [0.5, 0.6) is 0 Å². The van der Waals surface area contributed by atoms with Crippen LogP contribution in [0.4, 0.5) is 10.1 Å². The van der Waals surface area contributed by atoms with Gasteiger partial charge >= 0.3 is 0 Å². The molecule has 0 spiro atoms. The topological polar surface area (TPSA) is 54.5 Å². The second-order valence-electron chi connectivity index (χ2n) is 5.13. The standard InChI is InChI=1S/C17H18FNO3S/c1-3-23(21,22)14-8-6-7-13(11-14)12-17(20)19(2)16-10-5-4-9-15(16)18/h4-11H,3,12H2,1-2H3. The molecule has 0 aliphatic carbocycles. The first-order valence-electron chi connectivity index (χ1n) is 7.18. The summed E-state index contributed by atoms with van der Waals surface area (Å²) < 4.78 is 37.5. The SMILES string of the molecule is CCS(=O)(=O)c1cccc(CC(=O)N(C)c2ccccc2F)c1. The normalized spacial score (nSPS) is 11.3. The number of halogens is 1. The van der Waals surface area contributed by atoms with Gasteiger partial charge in [-0.15, -0.1) is 0 Å². The van der Waals surface area contributed by atoms with E-state index < -0.39 is 15.7 Å². The third kappa shape index (κ3) is 3.96. The minimum Gasteiger partial charge on any atom is -0.313 e. The van der Waals surface area contributed by atoms with Gasteiger partial charge in [0.15, 0.2) is 9.84 Å². The summed E-state index contributed by atoms with van der Waals surface area (Å²) in [6, 6.07) is 12.3. The summed E-state index contributed by atoms with van der Waals surface area (Å²) in [6.07, 6.45) is -0.00207. The number of carbonyl (C=O) groups is 1. The highest BCUT2D eigenvalue weighted by Gasteiger charge is 2.17. The molecule has 2 aromatic carbocycles. The minimum absolute atomic E-state index is 0.000467. The van der Waals surface area contributed by atoms with Gasteiger partial charge in [0, 0.05) is 7.05 Å². The van der Waals surface area contributed by atoms with E-state index in [1.165, 1.54) is 36.2 Å². The number of carbonyl (C=O) groups excluding carboxylic acids is 1. The molecule has 1 amide bonds. The molecule has 6 heteroatoms. The van der Waals surface area contributed by atoms with Gasteiger partial charge < -0.3 is 4.90 Å². The van der Waals surface area contributed by atoms with Crippen LogP contribution in [-0.4, -0.2) is 27.1 Å². The van der Waals surface area contributed by atoms with Crippen LogP contribution in [0.15, 0.2) is 53.4 Å². The summed E-state index contributed by atoms with van der Waals surface area (Å²) in [5, 5.41) is 0. The molecule has 0 aliphatic heterocycles. The van der Waals surface area contributed by atoms with E-state index in [0.717, 1.165) is 0 Å². The van der Waals surface area contributed by atoms with Crippen LogP contribution in [0, 0.1) is 5.82 Å². The zero-order valence-electron chi connectivity index (χ0n) is 13.0. The molecule has 0 saturated carbocycles. The molecule has 0 N–H and O–H groups in total. The first-order valence-corrected chi connectivity index (χ1v) is 8.83. The van der Waals surface area contributed by atoms with E-state index >= 15 is 0 Å². The van der Waals surface area contributed by atoms with Crippen molar-refractivity contribution in [2.24, 2.45) is 0 Å². The Labute approximate surface area is 135 Å². The first kappa shape index (κ1) is 17.1. The molecule has 0 fully saturated rings. The van der Waals surface area contributed by atoms with Crippen LogP contribution >= 0.6 is 0 Å². The smallest absolute Gasteiger partial charge is 0.231 e. The van der Waals surface area contributed by atoms with Gasteiger partial charge in [-0.2, -0.15) is 0 Å². The number of hydrogen-bond donors (Lipinski definition) is 0. The largest absolute Gasteiger partial charge is 0.313 e. The van der Waals surface area contributed by atoms with E-state index in [1.807, 2.05) is 0 Å². The van der Waals surface area contributed by atoms with E-state index in [0.29, 0.717) is 5.56 Å². The number of rotatable bonds is 5. The fourth-order valence-corrected chi connectivity index (χ4v) is 3.12. The molecule has 0 saturated heterocycles. The van der Waals surface area contributed by atoms with Crippen molar-refractivity contribution in [2.75, 3.05) is 17.7 Å². The average Bonchev–Trinajstić information content (AvgIpc) is 2.55. The Morgan fingerprint density at radius 2 is 1.83 bits per heavy atom. The quantitative estimate of drug-likeness (QED) is 0.844. The van der Waals surface area contributed by atoms with Crippen molar-refractivity contribution in [2.45, 2.75) is 18.2 Å². The van der Waals surface area contributed by atoms with Gasteiger partial charge in [-0.25, -0.2) is 12.8 Å². The monoisotopic (exact) mass is 335 g/mol. The molecule has 122 valence electrons. The summed E-state index contributed by atoms with van der Waals surface area (Å²) in [5.74, 6) is -0.800. The lowest BCUT2D eigenvalue weighted by Gasteiger charge is -2.18. The van der Waals surface area contributed by atoms with Crippen molar-refractivity contribution in [1.82, 2.24) is 0 Å². The highest BCUT2D eigenvalue weighted by atomic mass is 32.2. The lowest BCUT2D eigenvalue weighted by molar-refractivity contribution is -0.117. The van der Waals surface area contributed by atoms with Crippen molar-refractivity contribution < 1.29 is 17.6 Å². The Morgan fingerprint density at radius 3 is 2.48 bits per heavy atom. The maximum absolute atomic E-state index is 13.7. The van der Waals surface area contributed by atoms with E-state index in [9.17, 15) is 17.6 Å². The Kier molecular flexibility index (Phi) is 5.15. The molecular weight excluding hydrogens is 317 g/mol. The zero-order valence-corrected chi connectivity index (χ0v) is 13.8. The summed E-state index contributed by atoms with van der Waals surface area (Å²) in [4.78, 5) is 13.7. The first-order chi connectivity index (χ1) is 10.8. The van der Waals surface area contributed by atoms with Gasteiger partial charge in [-0.3, -0.25) is 4.79 Å². The van der Waals surface area contributed by atoms with Gasteiger partial charge in [-0.1, -0.05) is 31.2 Å². The molecule has 23 heavy (non-hydrogen) atoms. The number of sulfone groups is 1. The van der Waals surface area contributed by atoms with E-state index in [-0.39, 0.29) is 28.7 Å². The Balaban J connectivity index is 2.21. The van der Waals surface area contributed by atoms with Crippen molar-refractivity contribution in [1.29, 1.82) is 0 Å². The Hall–Kier alpha value is -2.21. The van der Waals surface area contributed by atoms with Gasteiger partial charge in [0.05, 0.1) is 22.8 Å². The number of amides is 1. The Bertz CT molecular complexity index is 818. The van der Waals surface area contributed by atoms with Crippen molar-refractivity contribution in [3.8, 4) is 0 Å². The molecule has 0 bridgehead atoms. The van der Waals surface area contributed by atoms with Crippen LogP contribution in [0.2, 0.25) is 0 Å². The highest BCUT2D eigenvalue weighted by molar-refractivity contribution is 7.91. The summed E-state index contributed by atoms with van der Waals surface area (Å²) in [7, 11) is -1.83. The highest BCUT2D eigenvalue weighted by Crippen LogP contribution is 2.19. The number of likely N-dealkylation sites (N-methyl/N-ethyl adjacent to an activating group) is 1. The molecule has 0 atom stereocenters. The third-order valence-corrected chi connectivity index (χ3v) is 5.31. The van der Waals surface area contributed by atoms with Crippen molar-refractivity contribution in [3.05, 3.63) is 59.9 Å². The fraction of sp³-hybridized carbons (Fsp3) is 0.235. The van der Waals surface area contributed by atoms with Crippen LogP contribution in [-0.2, 0) is 21.1 Å². The van der Waals surface area contributed by atoms with E-state index in [1.54, 1.807) is 31.2 Å². The maximum Gasteiger partial charge on any atom is 0.231 e. The molecule has 0 unspecified atom stereocenters. The number of benzene rings is 2. The molecule has 0 radical (unpaired) electrons. The molecule has 2 rings (SSSR count). The van der Waals surface area contributed by atoms with Crippen LogP contribution in [0.3, 0.4) is 0 Å². The van der Waals surface area contributed by atoms with E-state index in [4.69, 9.17) is 0 Å².